The number of aliphatic carboxylic acids is 1. The molecule has 0 spiro atoms. The highest BCUT2D eigenvalue weighted by Gasteiger charge is 2.21. The molecule has 1 aliphatic heterocycles. The quantitative estimate of drug-likeness (QED) is 0.466. The molecule has 1 atom stereocenters. The predicted molar refractivity (Wildman–Crippen MR) is 117 cm³/mol. The number of nitrogens with one attached hydrogen (secondary N) is 2. The minimum atomic E-state index is -1.05. The van der Waals surface area contributed by atoms with Gasteiger partial charge in [0.15, 0.2) is 12.2 Å². The van der Waals surface area contributed by atoms with Gasteiger partial charge in [-0.2, -0.15) is 0 Å². The van der Waals surface area contributed by atoms with Crippen LogP contribution in [-0.4, -0.2) is 53.1 Å². The normalized spacial score (nSPS) is 15.0. The second-order valence-electron chi connectivity index (χ2n) is 7.90. The lowest BCUT2D eigenvalue weighted by atomic mass is 10.0. The Balaban J connectivity index is 1.49. The van der Waals surface area contributed by atoms with Crippen LogP contribution in [0.1, 0.15) is 30.0 Å². The van der Waals surface area contributed by atoms with Crippen molar-refractivity contribution >= 4 is 23.0 Å². The SMILES string of the molecule is O=C(O)COc1cccc([C@@H](CN2CCCC2)NC(=O)Cc2ccc3oc(=O)[nH]c3c2)c1. The summed E-state index contributed by atoms with van der Waals surface area (Å²) in [5.74, 6) is -1.29. The maximum Gasteiger partial charge on any atom is 0.417 e. The zero-order chi connectivity index (χ0) is 22.5. The number of oxazole rings is 1. The van der Waals surface area contributed by atoms with E-state index in [0.717, 1.165) is 37.1 Å². The fraction of sp³-hybridized carbons (Fsp3) is 0.348. The highest BCUT2D eigenvalue weighted by Crippen LogP contribution is 2.22. The fourth-order valence-electron chi connectivity index (χ4n) is 3.96. The van der Waals surface area contributed by atoms with Crippen LogP contribution in [0, 0.1) is 0 Å². The summed E-state index contributed by atoms with van der Waals surface area (Å²) in [6, 6.07) is 12.0. The number of nitrogens with zero attached hydrogens (tertiary/aromatic N) is 1. The summed E-state index contributed by atoms with van der Waals surface area (Å²) in [5.41, 5.74) is 2.61. The van der Waals surface area contributed by atoms with Crippen molar-refractivity contribution in [1.29, 1.82) is 0 Å². The minimum Gasteiger partial charge on any atom is -0.482 e. The summed E-state index contributed by atoms with van der Waals surface area (Å²) in [4.78, 5) is 39.9. The van der Waals surface area contributed by atoms with Gasteiger partial charge >= 0.3 is 11.7 Å². The molecule has 1 aromatic heterocycles. The van der Waals surface area contributed by atoms with Gasteiger partial charge in [0.1, 0.15) is 5.75 Å². The van der Waals surface area contributed by atoms with Gasteiger partial charge in [-0.3, -0.25) is 9.78 Å². The van der Waals surface area contributed by atoms with E-state index >= 15 is 0 Å². The van der Waals surface area contributed by atoms with Gasteiger partial charge in [0, 0.05) is 6.54 Å². The number of hydrogen-bond acceptors (Lipinski definition) is 6. The Bertz CT molecular complexity index is 1160. The van der Waals surface area contributed by atoms with Crippen LogP contribution >= 0.6 is 0 Å². The number of benzene rings is 2. The van der Waals surface area contributed by atoms with Gasteiger partial charge in [-0.05, 0) is 61.3 Å². The lowest BCUT2D eigenvalue weighted by Gasteiger charge is -2.25. The molecule has 2 aromatic carbocycles. The molecule has 168 valence electrons. The van der Waals surface area contributed by atoms with Crippen molar-refractivity contribution in [2.75, 3.05) is 26.2 Å². The van der Waals surface area contributed by atoms with Crippen molar-refractivity contribution < 1.29 is 23.8 Å². The molecule has 9 heteroatoms. The van der Waals surface area contributed by atoms with Gasteiger partial charge in [-0.1, -0.05) is 18.2 Å². The molecule has 4 rings (SSSR count). The van der Waals surface area contributed by atoms with Gasteiger partial charge in [0.05, 0.1) is 18.0 Å². The minimum absolute atomic E-state index is 0.148. The van der Waals surface area contributed by atoms with E-state index in [-0.39, 0.29) is 18.4 Å². The van der Waals surface area contributed by atoms with E-state index in [4.69, 9.17) is 14.3 Å². The summed E-state index contributed by atoms with van der Waals surface area (Å²) < 4.78 is 10.3. The van der Waals surface area contributed by atoms with Crippen molar-refractivity contribution in [2.24, 2.45) is 0 Å². The number of carboxylic acid groups (broad SMARTS) is 1. The number of hydrogen-bond donors (Lipinski definition) is 3. The third-order valence-electron chi connectivity index (χ3n) is 5.45. The van der Waals surface area contributed by atoms with Crippen molar-refractivity contribution in [3.05, 3.63) is 64.1 Å². The first-order valence-electron chi connectivity index (χ1n) is 10.5. The van der Waals surface area contributed by atoms with Crippen LogP contribution < -0.4 is 15.8 Å². The molecule has 2 heterocycles. The Kier molecular flexibility index (Phi) is 6.55. The van der Waals surface area contributed by atoms with Crippen LogP contribution in [0.5, 0.6) is 5.75 Å². The molecule has 0 radical (unpaired) electrons. The van der Waals surface area contributed by atoms with Crippen LogP contribution in [0.2, 0.25) is 0 Å². The van der Waals surface area contributed by atoms with Crippen LogP contribution in [0.4, 0.5) is 0 Å². The van der Waals surface area contributed by atoms with Gasteiger partial charge in [-0.25, -0.2) is 9.59 Å². The highest BCUT2D eigenvalue weighted by molar-refractivity contribution is 5.81. The van der Waals surface area contributed by atoms with Crippen molar-refractivity contribution in [3.8, 4) is 5.75 Å². The Hall–Kier alpha value is -3.59. The average Bonchev–Trinajstić information content (AvgIpc) is 3.40. The number of rotatable bonds is 9. The molecule has 1 fully saturated rings. The Labute approximate surface area is 184 Å². The van der Waals surface area contributed by atoms with Crippen LogP contribution in [0.3, 0.4) is 0 Å². The summed E-state index contributed by atoms with van der Waals surface area (Å²) in [5, 5.41) is 12.0. The molecule has 9 nitrogen and oxygen atoms in total. The lowest BCUT2D eigenvalue weighted by Crippen LogP contribution is -2.37. The first-order chi connectivity index (χ1) is 15.5. The molecule has 3 aromatic rings. The fourth-order valence-corrected chi connectivity index (χ4v) is 3.96. The number of aromatic nitrogens is 1. The summed E-state index contributed by atoms with van der Waals surface area (Å²) in [6.45, 7) is 2.19. The second kappa shape index (κ2) is 9.69. The first kappa shape index (κ1) is 21.6. The molecule has 1 aliphatic rings. The molecule has 0 unspecified atom stereocenters. The first-order valence-corrected chi connectivity index (χ1v) is 10.5. The van der Waals surface area contributed by atoms with E-state index < -0.39 is 18.3 Å². The molecule has 0 aliphatic carbocycles. The zero-order valence-corrected chi connectivity index (χ0v) is 17.5. The van der Waals surface area contributed by atoms with E-state index in [9.17, 15) is 14.4 Å². The third kappa shape index (κ3) is 5.55. The topological polar surface area (TPSA) is 125 Å². The van der Waals surface area contributed by atoms with E-state index in [2.05, 4.69) is 15.2 Å². The van der Waals surface area contributed by atoms with Crippen molar-refractivity contribution in [3.63, 3.8) is 0 Å². The molecule has 32 heavy (non-hydrogen) atoms. The number of carbonyl (C=O) groups excluding carboxylic acids is 1. The van der Waals surface area contributed by atoms with Crippen LogP contribution in [0.15, 0.2) is 51.7 Å². The maximum absolute atomic E-state index is 12.9. The summed E-state index contributed by atoms with van der Waals surface area (Å²) in [7, 11) is 0. The molecular weight excluding hydrogens is 414 g/mol. The Morgan fingerprint density at radius 2 is 2.00 bits per heavy atom. The molecule has 1 saturated heterocycles. The number of ether oxygens (including phenoxy) is 1. The zero-order valence-electron chi connectivity index (χ0n) is 17.5. The van der Waals surface area contributed by atoms with E-state index in [1.165, 1.54) is 0 Å². The molecular formula is C23H25N3O6. The Morgan fingerprint density at radius 3 is 2.78 bits per heavy atom. The molecule has 0 saturated carbocycles. The molecule has 0 bridgehead atoms. The van der Waals surface area contributed by atoms with E-state index in [1.807, 2.05) is 6.07 Å². The predicted octanol–water partition coefficient (Wildman–Crippen LogP) is 2.08. The number of likely N-dealkylation sites (tertiary alicyclic amines) is 1. The molecule has 1 amide bonds. The van der Waals surface area contributed by atoms with Gasteiger partial charge < -0.3 is 24.5 Å². The van der Waals surface area contributed by atoms with Gasteiger partial charge in [0.25, 0.3) is 0 Å². The number of aromatic amines is 1. The molecule has 3 N–H and O–H groups in total. The van der Waals surface area contributed by atoms with Crippen molar-refractivity contribution in [1.82, 2.24) is 15.2 Å². The second-order valence-corrected chi connectivity index (χ2v) is 7.90. The van der Waals surface area contributed by atoms with Crippen molar-refractivity contribution in [2.45, 2.75) is 25.3 Å². The van der Waals surface area contributed by atoms with E-state index in [1.54, 1.807) is 36.4 Å². The monoisotopic (exact) mass is 439 g/mol. The number of carboxylic acids is 1. The standard InChI is InChI=1S/C23H25N3O6/c27-21(11-15-6-7-20-18(10-15)25-23(30)32-20)24-19(13-26-8-1-2-9-26)16-4-3-5-17(12-16)31-14-22(28)29/h3-7,10,12,19H,1-2,8-9,11,13-14H2,(H,24,27)(H,25,30)(H,28,29)/t19-/m1/s1. The third-order valence-corrected chi connectivity index (χ3v) is 5.45. The van der Waals surface area contributed by atoms with Crippen LogP contribution in [0.25, 0.3) is 11.1 Å². The maximum atomic E-state index is 12.9. The Morgan fingerprint density at radius 1 is 1.19 bits per heavy atom. The van der Waals surface area contributed by atoms with E-state index in [0.29, 0.717) is 23.4 Å². The van der Waals surface area contributed by atoms with Gasteiger partial charge in [0.2, 0.25) is 5.91 Å². The average molecular weight is 439 g/mol. The number of carbonyl (C=O) groups is 2. The number of fused-ring (bicyclic) bond motifs is 1. The van der Waals surface area contributed by atoms with Crippen LogP contribution in [-0.2, 0) is 16.0 Å². The number of H-pyrrole nitrogens is 1. The highest BCUT2D eigenvalue weighted by atomic mass is 16.5. The number of amides is 1. The largest absolute Gasteiger partial charge is 0.482 e. The summed E-state index contributed by atoms with van der Waals surface area (Å²) in [6.07, 6.45) is 2.41. The summed E-state index contributed by atoms with van der Waals surface area (Å²) >= 11 is 0. The smallest absolute Gasteiger partial charge is 0.417 e. The lowest BCUT2D eigenvalue weighted by molar-refractivity contribution is -0.139. The van der Waals surface area contributed by atoms with Gasteiger partial charge in [-0.15, -0.1) is 0 Å².